The molecule has 20 heavy (non-hydrogen) atoms. The third-order valence-electron chi connectivity index (χ3n) is 3.07. The van der Waals surface area contributed by atoms with Crippen molar-refractivity contribution in [2.24, 2.45) is 13.0 Å². The molecule has 0 spiro atoms. The van der Waals surface area contributed by atoms with Gasteiger partial charge in [-0.1, -0.05) is 26.0 Å². The molecule has 1 N–H and O–H groups in total. The second kappa shape index (κ2) is 7.50. The number of rotatable bonds is 7. The van der Waals surface area contributed by atoms with Crippen LogP contribution in [0.15, 0.2) is 41.6 Å². The quantitative estimate of drug-likeness (QED) is 0.792. The first-order valence-electron chi connectivity index (χ1n) is 7.04. The smallest absolute Gasteiger partial charge is 0.118 e. The van der Waals surface area contributed by atoms with Crippen molar-refractivity contribution in [3.63, 3.8) is 0 Å². The van der Waals surface area contributed by atoms with Crippen molar-refractivity contribution in [3.8, 4) is 0 Å². The van der Waals surface area contributed by atoms with E-state index in [1.54, 1.807) is 0 Å². The molecule has 2 rings (SSSR count). The van der Waals surface area contributed by atoms with Crippen LogP contribution < -0.4 is 5.32 Å². The number of nitrogens with one attached hydrogen (secondary N) is 1. The second-order valence-electron chi connectivity index (χ2n) is 5.42. The molecule has 2 aromatic rings. The highest BCUT2D eigenvalue weighted by molar-refractivity contribution is 7.98. The van der Waals surface area contributed by atoms with Crippen molar-refractivity contribution >= 4 is 11.8 Å². The molecular weight excluding hydrogens is 266 g/mol. The molecule has 0 aliphatic rings. The number of hydrogen-bond donors (Lipinski definition) is 1. The maximum Gasteiger partial charge on any atom is 0.118 e. The molecule has 0 radical (unpaired) electrons. The monoisotopic (exact) mass is 289 g/mol. The van der Waals surface area contributed by atoms with Gasteiger partial charge in [0.1, 0.15) is 5.82 Å². The van der Waals surface area contributed by atoms with Crippen LogP contribution in [0.5, 0.6) is 0 Å². The minimum absolute atomic E-state index is 0.691. The van der Waals surface area contributed by atoms with Gasteiger partial charge in [-0.2, -0.15) is 0 Å². The van der Waals surface area contributed by atoms with Crippen LogP contribution in [0, 0.1) is 5.92 Å². The number of benzene rings is 1. The summed E-state index contributed by atoms with van der Waals surface area (Å²) in [5.74, 6) is 2.71. The van der Waals surface area contributed by atoms with E-state index in [-0.39, 0.29) is 0 Å². The zero-order valence-corrected chi connectivity index (χ0v) is 13.3. The van der Waals surface area contributed by atoms with E-state index in [0.29, 0.717) is 5.92 Å². The molecule has 0 unspecified atom stereocenters. The molecule has 4 heteroatoms. The van der Waals surface area contributed by atoms with Crippen molar-refractivity contribution in [2.45, 2.75) is 31.0 Å². The lowest BCUT2D eigenvalue weighted by molar-refractivity contribution is 0.552. The highest BCUT2D eigenvalue weighted by Gasteiger charge is 2.02. The molecule has 0 atom stereocenters. The minimum atomic E-state index is 0.691. The summed E-state index contributed by atoms with van der Waals surface area (Å²) in [7, 11) is 2.04. The molecule has 0 amide bonds. The Hall–Kier alpha value is -1.26. The van der Waals surface area contributed by atoms with Gasteiger partial charge in [0.15, 0.2) is 0 Å². The van der Waals surface area contributed by atoms with Crippen molar-refractivity contribution in [3.05, 3.63) is 48.0 Å². The summed E-state index contributed by atoms with van der Waals surface area (Å²) in [4.78, 5) is 5.65. The molecule has 0 fully saturated rings. The van der Waals surface area contributed by atoms with Gasteiger partial charge in [0.25, 0.3) is 0 Å². The molecule has 0 bridgehead atoms. The number of aromatic nitrogens is 2. The Morgan fingerprint density at radius 2 is 2.20 bits per heavy atom. The van der Waals surface area contributed by atoms with Crippen LogP contribution in [0.4, 0.5) is 0 Å². The Labute approximate surface area is 125 Å². The van der Waals surface area contributed by atoms with E-state index in [9.17, 15) is 0 Å². The highest BCUT2D eigenvalue weighted by atomic mass is 32.2. The van der Waals surface area contributed by atoms with Gasteiger partial charge >= 0.3 is 0 Å². The molecule has 0 aliphatic heterocycles. The van der Waals surface area contributed by atoms with Gasteiger partial charge in [-0.3, -0.25) is 0 Å². The van der Waals surface area contributed by atoms with Crippen LogP contribution in [0.25, 0.3) is 0 Å². The van der Waals surface area contributed by atoms with E-state index in [2.05, 4.69) is 53.0 Å². The fourth-order valence-corrected chi connectivity index (χ4v) is 2.92. The van der Waals surface area contributed by atoms with Crippen LogP contribution in [-0.4, -0.2) is 16.1 Å². The van der Waals surface area contributed by atoms with Crippen LogP contribution in [0.3, 0.4) is 0 Å². The summed E-state index contributed by atoms with van der Waals surface area (Å²) >= 11 is 1.84. The molecule has 1 aromatic carbocycles. The predicted molar refractivity (Wildman–Crippen MR) is 85.8 cm³/mol. The van der Waals surface area contributed by atoms with E-state index in [0.717, 1.165) is 24.7 Å². The molecule has 3 nitrogen and oxygen atoms in total. The fraction of sp³-hybridized carbons (Fsp3) is 0.438. The molecule has 1 aromatic heterocycles. The first-order valence-corrected chi connectivity index (χ1v) is 8.02. The van der Waals surface area contributed by atoms with Gasteiger partial charge in [-0.15, -0.1) is 11.8 Å². The molecule has 1 heterocycles. The van der Waals surface area contributed by atoms with Gasteiger partial charge in [0.2, 0.25) is 0 Å². The Kier molecular flexibility index (Phi) is 5.68. The average Bonchev–Trinajstić information content (AvgIpc) is 2.82. The maximum absolute atomic E-state index is 4.35. The van der Waals surface area contributed by atoms with Crippen LogP contribution in [-0.2, 0) is 19.3 Å². The van der Waals surface area contributed by atoms with Crippen LogP contribution in [0.1, 0.15) is 25.2 Å². The average molecular weight is 289 g/mol. The maximum atomic E-state index is 4.35. The minimum Gasteiger partial charge on any atom is -0.337 e. The number of thioether (sulfide) groups is 1. The Morgan fingerprint density at radius 1 is 1.35 bits per heavy atom. The zero-order chi connectivity index (χ0) is 14.4. The van der Waals surface area contributed by atoms with Gasteiger partial charge < -0.3 is 9.88 Å². The lowest BCUT2D eigenvalue weighted by atomic mass is 10.2. The van der Waals surface area contributed by atoms with Gasteiger partial charge in [0, 0.05) is 30.9 Å². The summed E-state index contributed by atoms with van der Waals surface area (Å²) in [6, 6.07) is 8.74. The van der Waals surface area contributed by atoms with E-state index >= 15 is 0 Å². The lowest BCUT2D eigenvalue weighted by Gasteiger charge is -2.09. The number of imidazole rings is 1. The molecule has 0 saturated heterocycles. The van der Waals surface area contributed by atoms with Crippen LogP contribution >= 0.6 is 11.8 Å². The molecule has 0 saturated carbocycles. The van der Waals surface area contributed by atoms with E-state index in [1.807, 2.05) is 31.2 Å². The fourth-order valence-electron chi connectivity index (χ4n) is 1.93. The molecular formula is C16H23N3S. The molecule has 0 aliphatic carbocycles. The van der Waals surface area contributed by atoms with Crippen molar-refractivity contribution < 1.29 is 0 Å². The van der Waals surface area contributed by atoms with Gasteiger partial charge in [-0.25, -0.2) is 4.98 Å². The first kappa shape index (κ1) is 15.1. The van der Waals surface area contributed by atoms with Crippen LogP contribution in [0.2, 0.25) is 0 Å². The third kappa shape index (κ3) is 4.69. The summed E-state index contributed by atoms with van der Waals surface area (Å²) in [6.07, 6.45) is 3.84. The van der Waals surface area contributed by atoms with E-state index in [4.69, 9.17) is 0 Å². The Balaban J connectivity index is 1.87. The van der Waals surface area contributed by atoms with Crippen molar-refractivity contribution in [1.29, 1.82) is 0 Å². The highest BCUT2D eigenvalue weighted by Crippen LogP contribution is 2.22. The van der Waals surface area contributed by atoms with E-state index in [1.165, 1.54) is 10.5 Å². The Morgan fingerprint density at radius 3 is 2.90 bits per heavy atom. The summed E-state index contributed by atoms with van der Waals surface area (Å²) < 4.78 is 2.07. The second-order valence-corrected chi connectivity index (χ2v) is 6.46. The standard InChI is InChI=1S/C16H23N3S/c1-13(2)10-17-11-14-5-4-6-15(9-14)20-12-16-18-7-8-19(16)3/h4-9,13,17H,10-12H2,1-3H3. The van der Waals surface area contributed by atoms with Gasteiger partial charge in [0.05, 0.1) is 5.75 Å². The lowest BCUT2D eigenvalue weighted by Crippen LogP contribution is -2.18. The predicted octanol–water partition coefficient (Wildman–Crippen LogP) is 3.46. The van der Waals surface area contributed by atoms with Crippen molar-refractivity contribution in [1.82, 2.24) is 14.9 Å². The largest absolute Gasteiger partial charge is 0.337 e. The topological polar surface area (TPSA) is 29.9 Å². The van der Waals surface area contributed by atoms with E-state index < -0.39 is 0 Å². The Bertz CT molecular complexity index is 534. The third-order valence-corrected chi connectivity index (χ3v) is 4.06. The van der Waals surface area contributed by atoms with Gasteiger partial charge in [-0.05, 0) is 30.2 Å². The number of aryl methyl sites for hydroxylation is 1. The zero-order valence-electron chi connectivity index (χ0n) is 12.5. The van der Waals surface area contributed by atoms with Crippen molar-refractivity contribution in [2.75, 3.05) is 6.54 Å². The number of nitrogens with zero attached hydrogens (tertiary/aromatic N) is 2. The summed E-state index contributed by atoms with van der Waals surface area (Å²) in [5, 5.41) is 3.48. The normalized spacial score (nSPS) is 11.2. The summed E-state index contributed by atoms with van der Waals surface area (Å²) in [5.41, 5.74) is 1.34. The summed E-state index contributed by atoms with van der Waals surface area (Å²) in [6.45, 7) is 6.46. The first-order chi connectivity index (χ1) is 9.65. The SMILES string of the molecule is CC(C)CNCc1cccc(SCc2nccn2C)c1. The number of hydrogen-bond acceptors (Lipinski definition) is 3. The molecule has 108 valence electrons.